The van der Waals surface area contributed by atoms with Crippen molar-refractivity contribution in [3.63, 3.8) is 0 Å². The minimum absolute atomic E-state index is 0.229. The number of aryl methyl sites for hydroxylation is 2. The Labute approximate surface area is 134 Å². The van der Waals surface area contributed by atoms with Gasteiger partial charge in [0.15, 0.2) is 0 Å². The summed E-state index contributed by atoms with van der Waals surface area (Å²) in [6, 6.07) is 0. The van der Waals surface area contributed by atoms with Gasteiger partial charge in [-0.25, -0.2) is 0 Å². The Morgan fingerprint density at radius 3 is 2.48 bits per heavy atom. The van der Waals surface area contributed by atoms with Gasteiger partial charge in [0.2, 0.25) is 0 Å². The van der Waals surface area contributed by atoms with Crippen molar-refractivity contribution in [3.05, 3.63) is 16.4 Å². The standard InChI is InChI=1S/C17H30ClN3/c1-4-6-13-7-9-17(12-19,10-8-13)11-15-16(18)14(5-2)20-21(15)3/h13H,4-12,19H2,1-3H3. The second kappa shape index (κ2) is 7.15. The third kappa shape index (κ3) is 3.62. The molecule has 2 N–H and O–H groups in total. The van der Waals surface area contributed by atoms with Gasteiger partial charge in [-0.05, 0) is 56.4 Å². The van der Waals surface area contributed by atoms with Crippen molar-refractivity contribution in [1.29, 1.82) is 0 Å². The quantitative estimate of drug-likeness (QED) is 0.859. The molecule has 1 heterocycles. The zero-order valence-electron chi connectivity index (χ0n) is 13.8. The Kier molecular flexibility index (Phi) is 5.73. The van der Waals surface area contributed by atoms with E-state index < -0.39 is 0 Å². The summed E-state index contributed by atoms with van der Waals surface area (Å²) < 4.78 is 1.97. The summed E-state index contributed by atoms with van der Waals surface area (Å²) >= 11 is 6.52. The van der Waals surface area contributed by atoms with Gasteiger partial charge in [0, 0.05) is 7.05 Å². The molecule has 0 aliphatic heterocycles. The SMILES string of the molecule is CCCC1CCC(CN)(Cc2c(Cl)c(CC)nn2C)CC1. The maximum absolute atomic E-state index is 6.52. The monoisotopic (exact) mass is 311 g/mol. The number of nitrogens with two attached hydrogens (primary N) is 1. The average Bonchev–Trinajstić information content (AvgIpc) is 2.77. The Hall–Kier alpha value is -0.540. The Balaban J connectivity index is 2.11. The number of hydrogen-bond donors (Lipinski definition) is 1. The Bertz CT molecular complexity index is 459. The predicted molar refractivity (Wildman–Crippen MR) is 89.7 cm³/mol. The molecule has 0 amide bonds. The van der Waals surface area contributed by atoms with Crippen LogP contribution in [-0.2, 0) is 19.9 Å². The van der Waals surface area contributed by atoms with Gasteiger partial charge in [0.05, 0.1) is 16.4 Å². The summed E-state index contributed by atoms with van der Waals surface area (Å²) in [6.45, 7) is 5.15. The lowest BCUT2D eigenvalue weighted by atomic mass is 9.67. The molecule has 1 aliphatic carbocycles. The van der Waals surface area contributed by atoms with Gasteiger partial charge < -0.3 is 5.73 Å². The van der Waals surface area contributed by atoms with Crippen molar-refractivity contribution < 1.29 is 0 Å². The normalized spacial score (nSPS) is 26.2. The molecule has 0 aromatic carbocycles. The van der Waals surface area contributed by atoms with Gasteiger partial charge in [-0.2, -0.15) is 5.10 Å². The van der Waals surface area contributed by atoms with E-state index in [4.69, 9.17) is 17.3 Å². The second-order valence-electron chi connectivity index (χ2n) is 6.80. The van der Waals surface area contributed by atoms with Crippen LogP contribution in [0.25, 0.3) is 0 Å². The van der Waals surface area contributed by atoms with Crippen molar-refractivity contribution in [2.45, 2.75) is 65.2 Å². The number of nitrogens with zero attached hydrogens (tertiary/aromatic N) is 2. The molecule has 1 aromatic rings. The lowest BCUT2D eigenvalue weighted by Crippen LogP contribution is -2.37. The van der Waals surface area contributed by atoms with Gasteiger partial charge in [0.25, 0.3) is 0 Å². The zero-order chi connectivity index (χ0) is 15.5. The van der Waals surface area contributed by atoms with Gasteiger partial charge in [-0.15, -0.1) is 0 Å². The zero-order valence-corrected chi connectivity index (χ0v) is 14.5. The Morgan fingerprint density at radius 2 is 2.00 bits per heavy atom. The van der Waals surface area contributed by atoms with Crippen LogP contribution >= 0.6 is 11.6 Å². The van der Waals surface area contributed by atoms with Crippen LogP contribution in [0.4, 0.5) is 0 Å². The average molecular weight is 312 g/mol. The molecule has 0 unspecified atom stereocenters. The van der Waals surface area contributed by atoms with E-state index in [1.165, 1.54) is 44.2 Å². The third-order valence-electron chi connectivity index (χ3n) is 5.34. The molecule has 1 saturated carbocycles. The van der Waals surface area contributed by atoms with Crippen LogP contribution < -0.4 is 5.73 Å². The number of aromatic nitrogens is 2. The van der Waals surface area contributed by atoms with Crippen molar-refractivity contribution in [1.82, 2.24) is 9.78 Å². The summed E-state index contributed by atoms with van der Waals surface area (Å²) in [5.41, 5.74) is 8.59. The molecule has 3 nitrogen and oxygen atoms in total. The van der Waals surface area contributed by atoms with Crippen molar-refractivity contribution >= 4 is 11.6 Å². The fourth-order valence-corrected chi connectivity index (χ4v) is 4.17. The highest BCUT2D eigenvalue weighted by Gasteiger charge is 2.35. The van der Waals surface area contributed by atoms with Crippen LogP contribution in [0.2, 0.25) is 5.02 Å². The van der Waals surface area contributed by atoms with Crippen molar-refractivity contribution in [2.75, 3.05) is 6.54 Å². The van der Waals surface area contributed by atoms with Crippen LogP contribution in [0.15, 0.2) is 0 Å². The first-order valence-electron chi connectivity index (χ1n) is 8.45. The molecule has 0 saturated heterocycles. The summed E-state index contributed by atoms with van der Waals surface area (Å²) in [6.07, 6.45) is 9.64. The minimum atomic E-state index is 0.229. The third-order valence-corrected chi connectivity index (χ3v) is 5.78. The highest BCUT2D eigenvalue weighted by molar-refractivity contribution is 6.31. The minimum Gasteiger partial charge on any atom is -0.330 e. The van der Waals surface area contributed by atoms with Crippen LogP contribution in [-0.4, -0.2) is 16.3 Å². The topological polar surface area (TPSA) is 43.8 Å². The van der Waals surface area contributed by atoms with Crippen molar-refractivity contribution in [3.8, 4) is 0 Å². The van der Waals surface area contributed by atoms with E-state index in [2.05, 4.69) is 18.9 Å². The van der Waals surface area contributed by atoms with E-state index in [9.17, 15) is 0 Å². The largest absolute Gasteiger partial charge is 0.330 e. The first-order chi connectivity index (χ1) is 10.0. The molecule has 4 heteroatoms. The summed E-state index contributed by atoms with van der Waals surface area (Å²) in [5.74, 6) is 0.905. The molecule has 0 radical (unpaired) electrons. The lowest BCUT2D eigenvalue weighted by molar-refractivity contribution is 0.148. The number of halogens is 1. The molecule has 120 valence electrons. The first kappa shape index (κ1) is 16.8. The molecular weight excluding hydrogens is 282 g/mol. The van der Waals surface area contributed by atoms with E-state index in [1.54, 1.807) is 0 Å². The molecular formula is C17H30ClN3. The highest BCUT2D eigenvalue weighted by atomic mass is 35.5. The van der Waals surface area contributed by atoms with E-state index >= 15 is 0 Å². The van der Waals surface area contributed by atoms with E-state index in [0.717, 1.165) is 36.0 Å². The molecule has 0 bridgehead atoms. The van der Waals surface area contributed by atoms with Crippen LogP contribution in [0.5, 0.6) is 0 Å². The van der Waals surface area contributed by atoms with Crippen molar-refractivity contribution in [2.24, 2.45) is 24.1 Å². The second-order valence-corrected chi connectivity index (χ2v) is 7.18. The van der Waals surface area contributed by atoms with Gasteiger partial charge >= 0.3 is 0 Å². The maximum Gasteiger partial charge on any atom is 0.0849 e. The van der Waals surface area contributed by atoms with Gasteiger partial charge in [-0.3, -0.25) is 4.68 Å². The van der Waals surface area contributed by atoms with Crippen LogP contribution in [0, 0.1) is 11.3 Å². The van der Waals surface area contributed by atoms with Gasteiger partial charge in [-0.1, -0.05) is 38.3 Å². The van der Waals surface area contributed by atoms with Crippen LogP contribution in [0.1, 0.15) is 63.8 Å². The number of hydrogen-bond acceptors (Lipinski definition) is 2. The molecule has 1 fully saturated rings. The van der Waals surface area contributed by atoms with E-state index in [1.807, 2.05) is 11.7 Å². The molecule has 1 aliphatic rings. The van der Waals surface area contributed by atoms with Crippen LogP contribution in [0.3, 0.4) is 0 Å². The predicted octanol–water partition coefficient (Wildman–Crippen LogP) is 4.11. The van der Waals surface area contributed by atoms with E-state index in [-0.39, 0.29) is 5.41 Å². The molecule has 0 atom stereocenters. The lowest BCUT2D eigenvalue weighted by Gasteiger charge is -2.39. The fraction of sp³-hybridized carbons (Fsp3) is 0.824. The molecule has 1 aromatic heterocycles. The van der Waals surface area contributed by atoms with E-state index in [0.29, 0.717) is 0 Å². The number of rotatable bonds is 6. The fourth-order valence-electron chi connectivity index (χ4n) is 3.81. The highest BCUT2D eigenvalue weighted by Crippen LogP contribution is 2.43. The van der Waals surface area contributed by atoms with Gasteiger partial charge in [0.1, 0.15) is 0 Å². The molecule has 2 rings (SSSR count). The molecule has 0 spiro atoms. The Morgan fingerprint density at radius 1 is 1.33 bits per heavy atom. The molecule has 21 heavy (non-hydrogen) atoms. The summed E-state index contributed by atoms with van der Waals surface area (Å²) in [4.78, 5) is 0. The smallest absolute Gasteiger partial charge is 0.0849 e. The summed E-state index contributed by atoms with van der Waals surface area (Å²) in [7, 11) is 2.01. The maximum atomic E-state index is 6.52. The first-order valence-corrected chi connectivity index (χ1v) is 8.83. The summed E-state index contributed by atoms with van der Waals surface area (Å²) in [5, 5.41) is 5.41.